The third-order valence-corrected chi connectivity index (χ3v) is 5.05. The lowest BCUT2D eigenvalue weighted by molar-refractivity contribution is -0.178. The molecule has 0 aromatic heterocycles. The van der Waals surface area contributed by atoms with Crippen LogP contribution < -0.4 is 9.64 Å². The average molecular weight is 289 g/mol. The molecule has 0 N–H and O–H groups in total. The first-order valence-electron chi connectivity index (χ1n) is 8.04. The first kappa shape index (κ1) is 13.4. The maximum absolute atomic E-state index is 5.88. The molecule has 4 rings (SSSR count). The number of hydrogen-bond acceptors (Lipinski definition) is 4. The van der Waals surface area contributed by atoms with Crippen molar-refractivity contribution in [2.45, 2.75) is 44.4 Å². The van der Waals surface area contributed by atoms with E-state index in [0.717, 1.165) is 57.8 Å². The van der Waals surface area contributed by atoms with E-state index in [4.69, 9.17) is 14.2 Å². The van der Waals surface area contributed by atoms with Gasteiger partial charge in [0.05, 0.1) is 25.4 Å². The molecule has 0 amide bonds. The maximum atomic E-state index is 5.88. The number of nitrogens with zero attached hydrogens (tertiary/aromatic N) is 1. The number of aryl methyl sites for hydroxylation is 1. The molecule has 1 aromatic carbocycles. The van der Waals surface area contributed by atoms with Crippen LogP contribution in [-0.2, 0) is 9.47 Å². The summed E-state index contributed by atoms with van der Waals surface area (Å²) in [5, 5.41) is 0. The maximum Gasteiger partial charge on any atom is 0.168 e. The molecule has 2 heterocycles. The van der Waals surface area contributed by atoms with E-state index in [0.29, 0.717) is 6.04 Å². The van der Waals surface area contributed by atoms with Gasteiger partial charge in [-0.25, -0.2) is 0 Å². The van der Waals surface area contributed by atoms with Crippen LogP contribution in [0.4, 0.5) is 5.69 Å². The molecule has 21 heavy (non-hydrogen) atoms. The average Bonchev–Trinajstić information content (AvgIpc) is 2.97. The van der Waals surface area contributed by atoms with Crippen molar-refractivity contribution in [1.82, 2.24) is 0 Å². The highest BCUT2D eigenvalue weighted by Gasteiger charge is 2.42. The first-order chi connectivity index (χ1) is 10.3. The van der Waals surface area contributed by atoms with Gasteiger partial charge in [0.2, 0.25) is 0 Å². The Morgan fingerprint density at radius 3 is 2.62 bits per heavy atom. The van der Waals surface area contributed by atoms with Gasteiger partial charge in [-0.1, -0.05) is 12.1 Å². The second kappa shape index (κ2) is 5.18. The topological polar surface area (TPSA) is 30.9 Å². The highest BCUT2D eigenvalue weighted by Crippen LogP contribution is 2.42. The molecule has 114 valence electrons. The smallest absolute Gasteiger partial charge is 0.168 e. The van der Waals surface area contributed by atoms with Crippen molar-refractivity contribution >= 4 is 5.69 Å². The SMILES string of the molecule is Cc1cccc2c1OCCN2C1CCC2(CC1)OCCO2. The van der Waals surface area contributed by atoms with Gasteiger partial charge in [-0.15, -0.1) is 0 Å². The zero-order valence-corrected chi connectivity index (χ0v) is 12.6. The Hall–Kier alpha value is -1.26. The van der Waals surface area contributed by atoms with Gasteiger partial charge >= 0.3 is 0 Å². The molecule has 0 unspecified atom stereocenters. The Morgan fingerprint density at radius 1 is 1.10 bits per heavy atom. The van der Waals surface area contributed by atoms with E-state index in [1.807, 2.05) is 0 Å². The van der Waals surface area contributed by atoms with Crippen LogP contribution in [-0.4, -0.2) is 38.2 Å². The number of anilines is 1. The third-order valence-electron chi connectivity index (χ3n) is 5.05. The monoisotopic (exact) mass is 289 g/mol. The van der Waals surface area contributed by atoms with Crippen LogP contribution in [0, 0.1) is 6.92 Å². The lowest BCUT2D eigenvalue weighted by Crippen LogP contribution is -2.47. The van der Waals surface area contributed by atoms with E-state index in [1.54, 1.807) is 0 Å². The van der Waals surface area contributed by atoms with E-state index in [2.05, 4.69) is 30.0 Å². The molecule has 1 spiro atoms. The van der Waals surface area contributed by atoms with Crippen LogP contribution in [0.25, 0.3) is 0 Å². The first-order valence-corrected chi connectivity index (χ1v) is 8.04. The molecule has 1 aliphatic carbocycles. The van der Waals surface area contributed by atoms with E-state index in [-0.39, 0.29) is 5.79 Å². The van der Waals surface area contributed by atoms with Crippen LogP contribution in [0.15, 0.2) is 18.2 Å². The number of benzene rings is 1. The van der Waals surface area contributed by atoms with Crippen molar-refractivity contribution in [1.29, 1.82) is 0 Å². The summed E-state index contributed by atoms with van der Waals surface area (Å²) < 4.78 is 17.6. The summed E-state index contributed by atoms with van der Waals surface area (Å²) in [5.74, 6) is 0.801. The summed E-state index contributed by atoms with van der Waals surface area (Å²) >= 11 is 0. The molecule has 2 fully saturated rings. The quantitative estimate of drug-likeness (QED) is 0.795. The second-order valence-electron chi connectivity index (χ2n) is 6.30. The predicted molar refractivity (Wildman–Crippen MR) is 80.9 cm³/mol. The lowest BCUT2D eigenvalue weighted by atomic mass is 9.88. The van der Waals surface area contributed by atoms with Crippen molar-refractivity contribution in [2.24, 2.45) is 0 Å². The van der Waals surface area contributed by atoms with Gasteiger partial charge in [-0.05, 0) is 31.4 Å². The Morgan fingerprint density at radius 2 is 1.86 bits per heavy atom. The van der Waals surface area contributed by atoms with Crippen LogP contribution in [0.3, 0.4) is 0 Å². The van der Waals surface area contributed by atoms with Crippen LogP contribution in [0.5, 0.6) is 5.75 Å². The number of ether oxygens (including phenoxy) is 3. The summed E-state index contributed by atoms with van der Waals surface area (Å²) in [5.41, 5.74) is 2.49. The molecular weight excluding hydrogens is 266 g/mol. The highest BCUT2D eigenvalue weighted by atomic mass is 16.7. The lowest BCUT2D eigenvalue weighted by Gasteiger charge is -2.43. The molecule has 4 nitrogen and oxygen atoms in total. The molecule has 3 aliphatic rings. The third kappa shape index (κ3) is 2.30. The molecule has 1 saturated heterocycles. The Bertz CT molecular complexity index is 515. The highest BCUT2D eigenvalue weighted by molar-refractivity contribution is 5.63. The molecule has 1 aromatic rings. The summed E-state index contributed by atoms with van der Waals surface area (Å²) in [6, 6.07) is 7.02. The van der Waals surface area contributed by atoms with Crippen molar-refractivity contribution in [2.75, 3.05) is 31.3 Å². The van der Waals surface area contributed by atoms with Crippen LogP contribution >= 0.6 is 0 Å². The summed E-state index contributed by atoms with van der Waals surface area (Å²) in [6.45, 7) is 5.40. The van der Waals surface area contributed by atoms with Gasteiger partial charge in [0.1, 0.15) is 12.4 Å². The minimum Gasteiger partial charge on any atom is -0.489 e. The normalized spacial score (nSPS) is 24.9. The fraction of sp³-hybridized carbons (Fsp3) is 0.647. The fourth-order valence-electron chi connectivity index (χ4n) is 3.94. The van der Waals surface area contributed by atoms with E-state index in [1.165, 1.54) is 11.3 Å². The number of fused-ring (bicyclic) bond motifs is 1. The van der Waals surface area contributed by atoms with Gasteiger partial charge in [-0.3, -0.25) is 0 Å². The van der Waals surface area contributed by atoms with Gasteiger partial charge in [0.25, 0.3) is 0 Å². The van der Waals surface area contributed by atoms with Crippen LogP contribution in [0.2, 0.25) is 0 Å². The van der Waals surface area contributed by atoms with Gasteiger partial charge in [0, 0.05) is 18.9 Å². The molecular formula is C17H23NO3. The standard InChI is InChI=1S/C17H23NO3/c1-13-3-2-4-15-16(13)19-10-9-18(15)14-5-7-17(8-6-14)20-11-12-21-17/h2-4,14H,5-12H2,1H3. The van der Waals surface area contributed by atoms with Gasteiger partial charge in [0.15, 0.2) is 5.79 Å². The predicted octanol–water partition coefficient (Wildman–Crippen LogP) is 2.88. The van der Waals surface area contributed by atoms with Crippen molar-refractivity contribution in [3.63, 3.8) is 0 Å². The van der Waals surface area contributed by atoms with Crippen molar-refractivity contribution in [3.05, 3.63) is 23.8 Å². The van der Waals surface area contributed by atoms with E-state index < -0.39 is 0 Å². The summed E-state index contributed by atoms with van der Waals surface area (Å²) in [4.78, 5) is 2.54. The number of hydrogen-bond donors (Lipinski definition) is 0. The molecule has 0 atom stereocenters. The van der Waals surface area contributed by atoms with E-state index >= 15 is 0 Å². The molecule has 2 aliphatic heterocycles. The number of para-hydroxylation sites is 1. The zero-order valence-electron chi connectivity index (χ0n) is 12.6. The number of rotatable bonds is 1. The Kier molecular flexibility index (Phi) is 3.31. The second-order valence-corrected chi connectivity index (χ2v) is 6.30. The minimum absolute atomic E-state index is 0.266. The molecule has 1 saturated carbocycles. The molecule has 0 radical (unpaired) electrons. The summed E-state index contributed by atoms with van der Waals surface area (Å²) in [7, 11) is 0. The largest absolute Gasteiger partial charge is 0.489 e. The Labute approximate surface area is 126 Å². The minimum atomic E-state index is -0.266. The van der Waals surface area contributed by atoms with E-state index in [9.17, 15) is 0 Å². The molecule has 4 heteroatoms. The fourth-order valence-corrected chi connectivity index (χ4v) is 3.94. The van der Waals surface area contributed by atoms with Crippen molar-refractivity contribution < 1.29 is 14.2 Å². The van der Waals surface area contributed by atoms with Gasteiger partial charge < -0.3 is 19.1 Å². The Balaban J connectivity index is 1.52. The summed E-state index contributed by atoms with van der Waals surface area (Å²) in [6.07, 6.45) is 4.28. The van der Waals surface area contributed by atoms with Crippen molar-refractivity contribution in [3.8, 4) is 5.75 Å². The van der Waals surface area contributed by atoms with Crippen LogP contribution in [0.1, 0.15) is 31.2 Å². The molecule has 0 bridgehead atoms. The van der Waals surface area contributed by atoms with Gasteiger partial charge in [-0.2, -0.15) is 0 Å². The zero-order chi connectivity index (χ0) is 14.3.